The van der Waals surface area contributed by atoms with Gasteiger partial charge in [0.05, 0.1) is 19.8 Å². The fourth-order valence-corrected chi connectivity index (χ4v) is 2.33. The third kappa shape index (κ3) is 6.90. The lowest BCUT2D eigenvalue weighted by atomic mass is 10.1. The van der Waals surface area contributed by atoms with Crippen molar-refractivity contribution < 1.29 is 4.74 Å². The first-order chi connectivity index (χ1) is 10.7. The van der Waals surface area contributed by atoms with Crippen LogP contribution in [0.15, 0.2) is 23.3 Å². The topological polar surface area (TPSA) is 75.8 Å². The molecular formula is C16H28IN5O. The van der Waals surface area contributed by atoms with Gasteiger partial charge in [0.25, 0.3) is 0 Å². The standard InChI is InChI=1S/C16H27N5O.HI/c1-13(2)5-7-19-16(17)20-12-14-4-3-6-18-15(14)21-8-10-22-11-9-21;/h3-4,6,13H,5,7-12H2,1-2H3,(H3,17,19,20);1H. The maximum atomic E-state index is 5.92. The zero-order chi connectivity index (χ0) is 15.8. The average molecular weight is 433 g/mol. The van der Waals surface area contributed by atoms with Gasteiger partial charge in [-0.3, -0.25) is 0 Å². The molecule has 0 saturated carbocycles. The lowest BCUT2D eigenvalue weighted by Gasteiger charge is -2.29. The first-order valence-corrected chi connectivity index (χ1v) is 7.97. The molecule has 0 amide bonds. The van der Waals surface area contributed by atoms with Crippen molar-refractivity contribution in [1.29, 1.82) is 0 Å². The molecule has 1 aliphatic rings. The molecule has 130 valence electrons. The van der Waals surface area contributed by atoms with Crippen molar-refractivity contribution in [3.8, 4) is 0 Å². The molecule has 0 radical (unpaired) electrons. The van der Waals surface area contributed by atoms with Crippen LogP contribution in [0.1, 0.15) is 25.8 Å². The Hall–Kier alpha value is -1.09. The van der Waals surface area contributed by atoms with Gasteiger partial charge in [0.15, 0.2) is 5.96 Å². The van der Waals surface area contributed by atoms with E-state index in [0.29, 0.717) is 18.4 Å². The summed E-state index contributed by atoms with van der Waals surface area (Å²) in [5.41, 5.74) is 7.02. The number of rotatable bonds is 6. The maximum absolute atomic E-state index is 5.92. The van der Waals surface area contributed by atoms with E-state index in [4.69, 9.17) is 10.5 Å². The number of nitrogens with one attached hydrogen (secondary N) is 1. The number of pyridine rings is 1. The number of nitrogens with zero attached hydrogens (tertiary/aromatic N) is 3. The quantitative estimate of drug-likeness (QED) is 0.408. The van der Waals surface area contributed by atoms with Gasteiger partial charge >= 0.3 is 0 Å². The normalized spacial score (nSPS) is 15.4. The lowest BCUT2D eigenvalue weighted by molar-refractivity contribution is 0.122. The van der Waals surface area contributed by atoms with Crippen molar-refractivity contribution in [1.82, 2.24) is 10.3 Å². The zero-order valence-electron chi connectivity index (χ0n) is 14.0. The summed E-state index contributed by atoms with van der Waals surface area (Å²) in [7, 11) is 0. The van der Waals surface area contributed by atoms with Gasteiger partial charge < -0.3 is 20.7 Å². The van der Waals surface area contributed by atoms with Crippen LogP contribution >= 0.6 is 24.0 Å². The second-order valence-electron chi connectivity index (χ2n) is 5.90. The van der Waals surface area contributed by atoms with Crippen LogP contribution in [0, 0.1) is 5.92 Å². The highest BCUT2D eigenvalue weighted by Gasteiger charge is 2.15. The second-order valence-corrected chi connectivity index (χ2v) is 5.90. The number of anilines is 1. The molecule has 1 fully saturated rings. The molecule has 0 aliphatic carbocycles. The number of hydrogen-bond acceptors (Lipinski definition) is 4. The van der Waals surface area contributed by atoms with Crippen LogP contribution in [0.2, 0.25) is 0 Å². The summed E-state index contributed by atoms with van der Waals surface area (Å²) in [5, 5.41) is 3.16. The third-order valence-electron chi connectivity index (χ3n) is 3.63. The van der Waals surface area contributed by atoms with Crippen molar-refractivity contribution in [3.63, 3.8) is 0 Å². The van der Waals surface area contributed by atoms with E-state index in [0.717, 1.165) is 50.7 Å². The van der Waals surface area contributed by atoms with Crippen LogP contribution in [-0.2, 0) is 11.3 Å². The van der Waals surface area contributed by atoms with Crippen molar-refractivity contribution in [2.24, 2.45) is 16.6 Å². The molecule has 1 aliphatic heterocycles. The molecule has 1 saturated heterocycles. The monoisotopic (exact) mass is 433 g/mol. The maximum Gasteiger partial charge on any atom is 0.188 e. The van der Waals surface area contributed by atoms with E-state index in [-0.39, 0.29) is 24.0 Å². The largest absolute Gasteiger partial charge is 0.378 e. The highest BCUT2D eigenvalue weighted by molar-refractivity contribution is 14.0. The van der Waals surface area contributed by atoms with E-state index >= 15 is 0 Å². The van der Waals surface area contributed by atoms with Crippen molar-refractivity contribution >= 4 is 35.8 Å². The Bertz CT molecular complexity index is 489. The summed E-state index contributed by atoms with van der Waals surface area (Å²) in [6, 6.07) is 4.00. The van der Waals surface area contributed by atoms with Gasteiger partial charge in [-0.05, 0) is 18.4 Å². The highest BCUT2D eigenvalue weighted by Crippen LogP contribution is 2.19. The summed E-state index contributed by atoms with van der Waals surface area (Å²) in [6.07, 6.45) is 2.91. The molecule has 0 atom stereocenters. The van der Waals surface area contributed by atoms with Gasteiger partial charge in [-0.2, -0.15) is 0 Å². The predicted octanol–water partition coefficient (Wildman–Crippen LogP) is 1.99. The van der Waals surface area contributed by atoms with E-state index in [1.165, 1.54) is 0 Å². The Kier molecular flexibility index (Phi) is 9.23. The second kappa shape index (κ2) is 10.6. The number of morpholine rings is 1. The number of hydrogen-bond donors (Lipinski definition) is 2. The number of guanidine groups is 1. The Morgan fingerprint density at radius 2 is 2.17 bits per heavy atom. The first-order valence-electron chi connectivity index (χ1n) is 7.97. The molecule has 0 bridgehead atoms. The molecular weight excluding hydrogens is 405 g/mol. The summed E-state index contributed by atoms with van der Waals surface area (Å²) < 4.78 is 5.40. The predicted molar refractivity (Wildman–Crippen MR) is 105 cm³/mol. The third-order valence-corrected chi connectivity index (χ3v) is 3.63. The van der Waals surface area contributed by atoms with E-state index in [1.54, 1.807) is 0 Å². The molecule has 2 rings (SSSR count). The Labute approximate surface area is 155 Å². The van der Waals surface area contributed by atoms with Gasteiger partial charge in [0.1, 0.15) is 5.82 Å². The van der Waals surface area contributed by atoms with E-state index < -0.39 is 0 Å². The van der Waals surface area contributed by atoms with Crippen LogP contribution < -0.4 is 16.0 Å². The van der Waals surface area contributed by atoms with Crippen molar-refractivity contribution in [3.05, 3.63) is 23.9 Å². The fourth-order valence-electron chi connectivity index (χ4n) is 2.33. The molecule has 0 spiro atoms. The fraction of sp³-hybridized carbons (Fsp3) is 0.625. The van der Waals surface area contributed by atoms with Crippen LogP contribution in [0.4, 0.5) is 5.82 Å². The molecule has 7 heteroatoms. The van der Waals surface area contributed by atoms with Gasteiger partial charge in [0.2, 0.25) is 0 Å². The molecule has 3 N–H and O–H groups in total. The van der Waals surface area contributed by atoms with Crippen LogP contribution in [-0.4, -0.2) is 43.8 Å². The van der Waals surface area contributed by atoms with Gasteiger partial charge in [-0.1, -0.05) is 19.9 Å². The molecule has 1 aromatic heterocycles. The summed E-state index contributed by atoms with van der Waals surface area (Å²) in [6.45, 7) is 9.03. The number of nitrogens with two attached hydrogens (primary N) is 1. The minimum Gasteiger partial charge on any atom is -0.378 e. The Morgan fingerprint density at radius 1 is 1.43 bits per heavy atom. The van der Waals surface area contributed by atoms with Gasteiger partial charge in [-0.15, -0.1) is 24.0 Å². The van der Waals surface area contributed by atoms with Crippen LogP contribution in [0.5, 0.6) is 0 Å². The molecule has 23 heavy (non-hydrogen) atoms. The Morgan fingerprint density at radius 3 is 2.87 bits per heavy atom. The number of halogens is 1. The van der Waals surface area contributed by atoms with E-state index in [9.17, 15) is 0 Å². The smallest absolute Gasteiger partial charge is 0.188 e. The molecule has 1 aromatic rings. The summed E-state index contributed by atoms with van der Waals surface area (Å²) >= 11 is 0. The molecule has 2 heterocycles. The zero-order valence-corrected chi connectivity index (χ0v) is 16.3. The first kappa shape index (κ1) is 20.0. The average Bonchev–Trinajstić information content (AvgIpc) is 2.54. The van der Waals surface area contributed by atoms with Crippen molar-refractivity contribution in [2.75, 3.05) is 37.7 Å². The van der Waals surface area contributed by atoms with Crippen LogP contribution in [0.25, 0.3) is 0 Å². The molecule has 6 nitrogen and oxygen atoms in total. The van der Waals surface area contributed by atoms with Crippen LogP contribution in [0.3, 0.4) is 0 Å². The van der Waals surface area contributed by atoms with Crippen molar-refractivity contribution in [2.45, 2.75) is 26.8 Å². The minimum atomic E-state index is 0. The number of ether oxygens (including phenoxy) is 1. The van der Waals surface area contributed by atoms with E-state index in [1.807, 2.05) is 12.3 Å². The SMILES string of the molecule is CC(C)CCNC(N)=NCc1cccnc1N1CCOCC1.I. The number of aromatic nitrogens is 1. The van der Waals surface area contributed by atoms with Gasteiger partial charge in [0, 0.05) is 31.4 Å². The molecule has 0 unspecified atom stereocenters. The lowest BCUT2D eigenvalue weighted by Crippen LogP contribution is -2.37. The summed E-state index contributed by atoms with van der Waals surface area (Å²) in [4.78, 5) is 11.2. The molecule has 0 aromatic carbocycles. The highest BCUT2D eigenvalue weighted by atomic mass is 127. The van der Waals surface area contributed by atoms with Gasteiger partial charge in [-0.25, -0.2) is 9.98 Å². The number of aliphatic imine (C=N–C) groups is 1. The Balaban J connectivity index is 0.00000264. The summed E-state index contributed by atoms with van der Waals surface area (Å²) in [5.74, 6) is 2.15. The van der Waals surface area contributed by atoms with E-state index in [2.05, 4.69) is 40.1 Å². The minimum absolute atomic E-state index is 0.